The molecule has 1 fully saturated rings. The van der Waals surface area contributed by atoms with Gasteiger partial charge in [-0.2, -0.15) is 0 Å². The van der Waals surface area contributed by atoms with Crippen molar-refractivity contribution in [2.75, 3.05) is 26.2 Å². The molecule has 116 valence electrons. The summed E-state index contributed by atoms with van der Waals surface area (Å²) in [6.07, 6.45) is 1.00. The Morgan fingerprint density at radius 1 is 1.33 bits per heavy atom. The molecular formula is C17H26N2O2. The lowest BCUT2D eigenvalue weighted by atomic mass is 9.87. The first-order chi connectivity index (χ1) is 9.90. The van der Waals surface area contributed by atoms with Gasteiger partial charge in [-0.25, -0.2) is 0 Å². The van der Waals surface area contributed by atoms with E-state index >= 15 is 0 Å². The van der Waals surface area contributed by atoms with Crippen molar-refractivity contribution in [1.29, 1.82) is 0 Å². The van der Waals surface area contributed by atoms with Crippen LogP contribution in [0.5, 0.6) is 5.75 Å². The van der Waals surface area contributed by atoms with E-state index in [1.807, 2.05) is 17.0 Å². The zero-order valence-electron chi connectivity index (χ0n) is 13.3. The summed E-state index contributed by atoms with van der Waals surface area (Å²) in [6.45, 7) is 8.84. The maximum absolute atomic E-state index is 12.1. The van der Waals surface area contributed by atoms with E-state index in [0.717, 1.165) is 25.3 Å². The number of rotatable bonds is 4. The lowest BCUT2D eigenvalue weighted by Crippen LogP contribution is -2.33. The van der Waals surface area contributed by atoms with Gasteiger partial charge in [0.25, 0.3) is 5.91 Å². The number of amides is 1. The fraction of sp³-hybridized carbons (Fsp3) is 0.588. The van der Waals surface area contributed by atoms with E-state index in [4.69, 9.17) is 10.5 Å². The van der Waals surface area contributed by atoms with Gasteiger partial charge in [-0.3, -0.25) is 4.79 Å². The van der Waals surface area contributed by atoms with Crippen molar-refractivity contribution in [1.82, 2.24) is 4.90 Å². The molecule has 1 unspecified atom stereocenters. The van der Waals surface area contributed by atoms with Crippen LogP contribution >= 0.6 is 0 Å². The van der Waals surface area contributed by atoms with Crippen molar-refractivity contribution < 1.29 is 9.53 Å². The standard InChI is InChI=1S/C17H26N2O2/c1-17(2,3)14-4-6-15(7-5-14)21-12-16(20)19-9-8-13(10-18)11-19/h4-7,13H,8-12,18H2,1-3H3. The zero-order chi connectivity index (χ0) is 15.5. The molecule has 2 rings (SSSR count). The first-order valence-electron chi connectivity index (χ1n) is 7.61. The van der Waals surface area contributed by atoms with Gasteiger partial charge in [0, 0.05) is 13.1 Å². The van der Waals surface area contributed by atoms with Gasteiger partial charge < -0.3 is 15.4 Å². The molecule has 0 saturated carbocycles. The van der Waals surface area contributed by atoms with Crippen LogP contribution in [0.15, 0.2) is 24.3 Å². The quantitative estimate of drug-likeness (QED) is 0.924. The number of carbonyl (C=O) groups excluding carboxylic acids is 1. The Balaban J connectivity index is 1.84. The van der Waals surface area contributed by atoms with Crippen molar-refractivity contribution >= 4 is 5.91 Å². The number of benzene rings is 1. The Bertz CT molecular complexity index is 477. The van der Waals surface area contributed by atoms with Gasteiger partial charge >= 0.3 is 0 Å². The fourth-order valence-corrected chi connectivity index (χ4v) is 2.54. The SMILES string of the molecule is CC(C)(C)c1ccc(OCC(=O)N2CCC(CN)C2)cc1. The lowest BCUT2D eigenvalue weighted by molar-refractivity contribution is -0.132. The number of nitrogens with two attached hydrogens (primary N) is 1. The number of ether oxygens (including phenoxy) is 1. The Hall–Kier alpha value is -1.55. The number of nitrogens with zero attached hydrogens (tertiary/aromatic N) is 1. The van der Waals surface area contributed by atoms with E-state index in [1.165, 1.54) is 5.56 Å². The maximum Gasteiger partial charge on any atom is 0.260 e. The van der Waals surface area contributed by atoms with E-state index in [1.54, 1.807) is 0 Å². The molecule has 0 spiro atoms. The smallest absolute Gasteiger partial charge is 0.260 e. The number of hydrogen-bond acceptors (Lipinski definition) is 3. The third kappa shape index (κ3) is 4.21. The van der Waals surface area contributed by atoms with Gasteiger partial charge in [0.2, 0.25) is 0 Å². The molecule has 1 aliphatic rings. The second-order valence-electron chi connectivity index (χ2n) is 6.79. The van der Waals surface area contributed by atoms with Gasteiger partial charge in [0.1, 0.15) is 5.75 Å². The van der Waals surface area contributed by atoms with Crippen LogP contribution in [0, 0.1) is 5.92 Å². The van der Waals surface area contributed by atoms with Gasteiger partial charge in [-0.15, -0.1) is 0 Å². The number of likely N-dealkylation sites (tertiary alicyclic amines) is 1. The van der Waals surface area contributed by atoms with Crippen LogP contribution in [-0.2, 0) is 10.2 Å². The Morgan fingerprint density at radius 3 is 2.52 bits per heavy atom. The summed E-state index contributed by atoms with van der Waals surface area (Å²) in [7, 11) is 0. The second kappa shape index (κ2) is 6.48. The monoisotopic (exact) mass is 290 g/mol. The molecule has 1 amide bonds. The molecular weight excluding hydrogens is 264 g/mol. The highest BCUT2D eigenvalue weighted by atomic mass is 16.5. The van der Waals surface area contributed by atoms with Crippen LogP contribution in [0.3, 0.4) is 0 Å². The molecule has 0 radical (unpaired) electrons. The van der Waals surface area contributed by atoms with E-state index in [2.05, 4.69) is 32.9 Å². The summed E-state index contributed by atoms with van der Waals surface area (Å²) < 4.78 is 5.59. The third-order valence-corrected chi connectivity index (χ3v) is 4.05. The number of hydrogen-bond donors (Lipinski definition) is 1. The molecule has 2 N–H and O–H groups in total. The highest BCUT2D eigenvalue weighted by molar-refractivity contribution is 5.78. The molecule has 0 bridgehead atoms. The van der Waals surface area contributed by atoms with Crippen LogP contribution in [0.25, 0.3) is 0 Å². The van der Waals surface area contributed by atoms with Crippen LogP contribution in [0.4, 0.5) is 0 Å². The molecule has 1 heterocycles. The van der Waals surface area contributed by atoms with Crippen LogP contribution in [0.1, 0.15) is 32.8 Å². The minimum Gasteiger partial charge on any atom is -0.484 e. The minimum atomic E-state index is 0.0471. The summed E-state index contributed by atoms with van der Waals surface area (Å²) in [5.74, 6) is 1.23. The maximum atomic E-state index is 12.1. The molecule has 1 aliphatic heterocycles. The summed E-state index contributed by atoms with van der Waals surface area (Å²) in [5.41, 5.74) is 7.02. The van der Waals surface area contributed by atoms with Crippen molar-refractivity contribution in [3.63, 3.8) is 0 Å². The average molecular weight is 290 g/mol. The van der Waals surface area contributed by atoms with Gasteiger partial charge in [0.05, 0.1) is 0 Å². The highest BCUT2D eigenvalue weighted by Crippen LogP contribution is 2.24. The molecule has 1 saturated heterocycles. The largest absolute Gasteiger partial charge is 0.484 e. The molecule has 1 atom stereocenters. The molecule has 1 aromatic rings. The Morgan fingerprint density at radius 2 is 2.00 bits per heavy atom. The second-order valence-corrected chi connectivity index (χ2v) is 6.79. The first kappa shape index (κ1) is 15.8. The van der Waals surface area contributed by atoms with Crippen molar-refractivity contribution in [2.24, 2.45) is 11.7 Å². The lowest BCUT2D eigenvalue weighted by Gasteiger charge is -2.19. The molecule has 0 aromatic heterocycles. The molecule has 4 heteroatoms. The topological polar surface area (TPSA) is 55.6 Å². The highest BCUT2D eigenvalue weighted by Gasteiger charge is 2.25. The fourth-order valence-electron chi connectivity index (χ4n) is 2.54. The molecule has 1 aromatic carbocycles. The van der Waals surface area contributed by atoms with E-state index in [0.29, 0.717) is 12.5 Å². The first-order valence-corrected chi connectivity index (χ1v) is 7.61. The van der Waals surface area contributed by atoms with E-state index in [-0.39, 0.29) is 17.9 Å². The predicted octanol–water partition coefficient (Wildman–Crippen LogP) is 2.17. The minimum absolute atomic E-state index is 0.0471. The molecule has 4 nitrogen and oxygen atoms in total. The summed E-state index contributed by atoms with van der Waals surface area (Å²) in [5, 5.41) is 0. The van der Waals surface area contributed by atoms with E-state index < -0.39 is 0 Å². The van der Waals surface area contributed by atoms with Crippen LogP contribution in [0.2, 0.25) is 0 Å². The summed E-state index contributed by atoms with van der Waals surface area (Å²) >= 11 is 0. The average Bonchev–Trinajstić information content (AvgIpc) is 2.93. The van der Waals surface area contributed by atoms with E-state index in [9.17, 15) is 4.79 Å². The summed E-state index contributed by atoms with van der Waals surface area (Å²) in [6, 6.07) is 7.97. The Kier molecular flexibility index (Phi) is 4.88. The molecule has 0 aliphatic carbocycles. The van der Waals surface area contributed by atoms with Crippen LogP contribution < -0.4 is 10.5 Å². The summed E-state index contributed by atoms with van der Waals surface area (Å²) in [4.78, 5) is 13.9. The van der Waals surface area contributed by atoms with Crippen molar-refractivity contribution in [2.45, 2.75) is 32.6 Å². The van der Waals surface area contributed by atoms with Crippen LogP contribution in [-0.4, -0.2) is 37.0 Å². The normalized spacial score (nSPS) is 18.9. The van der Waals surface area contributed by atoms with Crippen molar-refractivity contribution in [3.8, 4) is 5.75 Å². The van der Waals surface area contributed by atoms with Gasteiger partial charge in [0.15, 0.2) is 6.61 Å². The van der Waals surface area contributed by atoms with Gasteiger partial charge in [-0.05, 0) is 42.0 Å². The van der Waals surface area contributed by atoms with Gasteiger partial charge in [-0.1, -0.05) is 32.9 Å². The zero-order valence-corrected chi connectivity index (χ0v) is 13.3. The number of carbonyl (C=O) groups is 1. The van der Waals surface area contributed by atoms with Crippen molar-refractivity contribution in [3.05, 3.63) is 29.8 Å². The third-order valence-electron chi connectivity index (χ3n) is 4.05. The molecule has 21 heavy (non-hydrogen) atoms. The predicted molar refractivity (Wildman–Crippen MR) is 84.4 cm³/mol. The Labute approximate surface area is 127 Å².